The van der Waals surface area contributed by atoms with Crippen LogP contribution in [0.4, 0.5) is 0 Å². The number of ketones is 1. The van der Waals surface area contributed by atoms with Crippen LogP contribution in [0.25, 0.3) is 27.7 Å². The van der Waals surface area contributed by atoms with E-state index in [1.807, 2.05) is 0 Å². The Morgan fingerprint density at radius 2 is 1.35 bits per heavy atom. The molecular weight excluding hydrogens is 480 g/mol. The van der Waals surface area contributed by atoms with Crippen molar-refractivity contribution >= 4 is 33.5 Å². The Balaban J connectivity index is 2.03. The van der Waals surface area contributed by atoms with E-state index in [1.54, 1.807) is 6.92 Å². The average Bonchev–Trinajstić information content (AvgIpc) is 2.82. The quantitative estimate of drug-likeness (QED) is 0.203. The standard InChI is InChI=1S/C28H16O9/c1-10-7-11-19(14(31)8-10)27(35)23-16(33)9-15(32)22(25(23)26(11)34)21-13(30)5-6-18-24(21)28(36)20-12(29)3-2-4-17(20)37-18/h2-9,31-34,36H,1H3/b22-21-. The molecule has 0 saturated heterocycles. The Hall–Kier alpha value is -5.31. The van der Waals surface area contributed by atoms with Gasteiger partial charge in [-0.1, -0.05) is 6.07 Å². The molecule has 5 aromatic rings. The summed E-state index contributed by atoms with van der Waals surface area (Å²) in [5, 5.41) is 52.9. The van der Waals surface area contributed by atoms with Crippen molar-refractivity contribution in [1.82, 2.24) is 0 Å². The maximum Gasteiger partial charge on any atom is 0.201 e. The molecule has 9 heteroatoms. The molecule has 1 aliphatic carbocycles. The molecule has 0 saturated carbocycles. The number of fused-ring (bicyclic) bond motifs is 4. The molecule has 4 aromatic carbocycles. The second-order valence-corrected chi connectivity index (χ2v) is 8.82. The highest BCUT2D eigenvalue weighted by molar-refractivity contribution is 6.17. The van der Waals surface area contributed by atoms with Gasteiger partial charge in [0.15, 0.2) is 10.9 Å². The van der Waals surface area contributed by atoms with Gasteiger partial charge in [0.2, 0.25) is 5.78 Å². The van der Waals surface area contributed by atoms with Crippen LogP contribution < -0.4 is 16.1 Å². The predicted molar refractivity (Wildman–Crippen MR) is 132 cm³/mol. The largest absolute Gasteiger partial charge is 0.507 e. The third kappa shape index (κ3) is 2.88. The van der Waals surface area contributed by atoms with E-state index in [1.165, 1.54) is 36.4 Å². The van der Waals surface area contributed by atoms with Crippen molar-refractivity contribution in [1.29, 1.82) is 0 Å². The van der Waals surface area contributed by atoms with Gasteiger partial charge in [-0.25, -0.2) is 0 Å². The lowest BCUT2D eigenvalue weighted by Gasteiger charge is -2.19. The molecule has 1 heterocycles. The maximum absolute atomic E-state index is 13.4. The van der Waals surface area contributed by atoms with Crippen LogP contribution in [0.5, 0.6) is 23.0 Å². The molecule has 0 unspecified atom stereocenters. The summed E-state index contributed by atoms with van der Waals surface area (Å²) in [6, 6.07) is 10.1. The molecule has 9 nitrogen and oxygen atoms in total. The second kappa shape index (κ2) is 7.34. The summed E-state index contributed by atoms with van der Waals surface area (Å²) in [6.45, 7) is 1.62. The molecule has 0 amide bonds. The van der Waals surface area contributed by atoms with Gasteiger partial charge in [-0.3, -0.25) is 14.4 Å². The van der Waals surface area contributed by atoms with Crippen molar-refractivity contribution in [2.24, 2.45) is 0 Å². The van der Waals surface area contributed by atoms with Gasteiger partial charge in [-0.05, 0) is 48.9 Å². The first-order valence-corrected chi connectivity index (χ1v) is 11.0. The van der Waals surface area contributed by atoms with Crippen molar-refractivity contribution in [2.75, 3.05) is 0 Å². The number of aliphatic hydroxyl groups excluding tert-OH is 1. The van der Waals surface area contributed by atoms with E-state index in [-0.39, 0.29) is 48.7 Å². The smallest absolute Gasteiger partial charge is 0.201 e. The molecule has 182 valence electrons. The van der Waals surface area contributed by atoms with E-state index < -0.39 is 51.0 Å². The number of hydrogen-bond donors (Lipinski definition) is 5. The van der Waals surface area contributed by atoms with E-state index >= 15 is 0 Å². The van der Waals surface area contributed by atoms with Gasteiger partial charge < -0.3 is 29.9 Å². The predicted octanol–water partition coefficient (Wildman–Crippen LogP) is 2.70. The molecule has 0 atom stereocenters. The zero-order chi connectivity index (χ0) is 26.3. The van der Waals surface area contributed by atoms with E-state index in [4.69, 9.17) is 4.42 Å². The zero-order valence-electron chi connectivity index (χ0n) is 19.0. The third-order valence-corrected chi connectivity index (χ3v) is 6.55. The van der Waals surface area contributed by atoms with Crippen LogP contribution in [0.3, 0.4) is 0 Å². The number of aromatic hydroxyl groups is 4. The molecule has 0 aliphatic heterocycles. The van der Waals surface area contributed by atoms with E-state index in [2.05, 4.69) is 0 Å². The topological polar surface area (TPSA) is 166 Å². The van der Waals surface area contributed by atoms with Gasteiger partial charge in [0.05, 0.1) is 16.5 Å². The Morgan fingerprint density at radius 3 is 2.11 bits per heavy atom. The molecule has 0 spiro atoms. The average molecular weight is 496 g/mol. The van der Waals surface area contributed by atoms with Crippen LogP contribution in [-0.2, 0) is 0 Å². The lowest BCUT2D eigenvalue weighted by molar-refractivity contribution is 0.103. The number of carbonyl (C=O) groups is 1. The fraction of sp³-hybridized carbons (Fsp3) is 0.0357. The minimum Gasteiger partial charge on any atom is -0.507 e. The molecular formula is C28H16O9. The van der Waals surface area contributed by atoms with Crippen molar-refractivity contribution in [2.45, 2.75) is 6.92 Å². The van der Waals surface area contributed by atoms with E-state index in [0.29, 0.717) is 5.56 Å². The van der Waals surface area contributed by atoms with Crippen molar-refractivity contribution in [3.8, 4) is 23.0 Å². The monoisotopic (exact) mass is 496 g/mol. The van der Waals surface area contributed by atoms with Gasteiger partial charge in [0.25, 0.3) is 0 Å². The summed E-state index contributed by atoms with van der Waals surface area (Å²) in [5.74, 6) is -3.85. The fourth-order valence-corrected chi connectivity index (χ4v) is 5.03. The van der Waals surface area contributed by atoms with Crippen molar-refractivity contribution in [3.63, 3.8) is 0 Å². The van der Waals surface area contributed by atoms with E-state index in [0.717, 1.165) is 12.1 Å². The lowest BCUT2D eigenvalue weighted by atomic mass is 9.86. The molecule has 0 radical (unpaired) electrons. The molecule has 5 N–H and O–H groups in total. The van der Waals surface area contributed by atoms with Gasteiger partial charge in [0.1, 0.15) is 45.3 Å². The Kier molecular flexibility index (Phi) is 4.40. The molecule has 1 aliphatic rings. The summed E-state index contributed by atoms with van der Waals surface area (Å²) in [4.78, 5) is 39.2. The molecule has 0 fully saturated rings. The number of phenolic OH excluding ortho intramolecular Hbond substituents is 3. The molecule has 37 heavy (non-hydrogen) atoms. The maximum atomic E-state index is 13.4. The van der Waals surface area contributed by atoms with Crippen LogP contribution in [0.15, 0.2) is 62.5 Å². The summed E-state index contributed by atoms with van der Waals surface area (Å²) >= 11 is 0. The number of carbonyl (C=O) groups excluding carboxylic acids is 1. The van der Waals surface area contributed by atoms with Crippen molar-refractivity contribution < 1.29 is 34.7 Å². The highest BCUT2D eigenvalue weighted by Gasteiger charge is 2.31. The summed E-state index contributed by atoms with van der Waals surface area (Å²) in [6.07, 6.45) is 0. The van der Waals surface area contributed by atoms with Crippen molar-refractivity contribution in [3.05, 3.63) is 107 Å². The number of benzene rings is 4. The second-order valence-electron chi connectivity index (χ2n) is 8.82. The summed E-state index contributed by atoms with van der Waals surface area (Å²) in [5.41, 5.74) is -1.56. The van der Waals surface area contributed by atoms with Gasteiger partial charge >= 0.3 is 0 Å². The minimum atomic E-state index is -0.854. The van der Waals surface area contributed by atoms with E-state index in [9.17, 15) is 39.9 Å². The molecule has 1 aromatic heterocycles. The van der Waals surface area contributed by atoms with Gasteiger partial charge in [-0.2, -0.15) is 0 Å². The normalized spacial score (nSPS) is 13.6. The Bertz CT molecular complexity index is 2160. The molecule has 0 bridgehead atoms. The zero-order valence-corrected chi connectivity index (χ0v) is 19.0. The lowest BCUT2D eigenvalue weighted by Crippen LogP contribution is -2.28. The highest BCUT2D eigenvalue weighted by Crippen LogP contribution is 2.37. The number of hydrogen-bond acceptors (Lipinski definition) is 9. The fourth-order valence-electron chi connectivity index (χ4n) is 5.03. The first-order valence-electron chi connectivity index (χ1n) is 11.0. The van der Waals surface area contributed by atoms with Crippen LogP contribution >= 0.6 is 0 Å². The van der Waals surface area contributed by atoms with Gasteiger partial charge in [0, 0.05) is 27.3 Å². The summed E-state index contributed by atoms with van der Waals surface area (Å²) < 4.78 is 5.77. The first kappa shape index (κ1) is 22.2. The summed E-state index contributed by atoms with van der Waals surface area (Å²) in [7, 11) is 0. The van der Waals surface area contributed by atoms with Crippen LogP contribution in [0.2, 0.25) is 0 Å². The van der Waals surface area contributed by atoms with Crippen LogP contribution in [0, 0.1) is 17.4 Å². The minimum absolute atomic E-state index is 0.0121. The Labute approximate surface area is 205 Å². The third-order valence-electron chi connectivity index (χ3n) is 6.55. The van der Waals surface area contributed by atoms with Gasteiger partial charge in [-0.15, -0.1) is 0 Å². The van der Waals surface area contributed by atoms with Crippen LogP contribution in [0.1, 0.15) is 27.0 Å². The number of phenols is 3. The number of aliphatic hydroxyl groups is 1. The first-order chi connectivity index (χ1) is 17.6. The number of rotatable bonds is 0. The van der Waals surface area contributed by atoms with Crippen LogP contribution in [-0.4, -0.2) is 31.3 Å². The Morgan fingerprint density at radius 1 is 0.649 bits per heavy atom. The SMILES string of the molecule is Cc1cc(O)c2c(c1)C(O)=c1c(c(O)cc(O)/c1=c1\c(=O)ccc3oc4cccc(=O)c4c(O)c13)C2=O. The molecule has 6 rings (SSSR count). The highest BCUT2D eigenvalue weighted by atomic mass is 16.3. The number of aryl methyl sites for hydroxylation is 1.